The van der Waals surface area contributed by atoms with Crippen molar-refractivity contribution < 1.29 is 14.3 Å². The average Bonchev–Trinajstić information content (AvgIpc) is 2.44. The highest BCUT2D eigenvalue weighted by Gasteiger charge is 2.13. The number of ether oxygens (including phenoxy) is 2. The lowest BCUT2D eigenvalue weighted by Gasteiger charge is -2.11. The van der Waals surface area contributed by atoms with Gasteiger partial charge in [0.15, 0.2) is 0 Å². The van der Waals surface area contributed by atoms with Gasteiger partial charge >= 0.3 is 5.97 Å². The highest BCUT2D eigenvalue weighted by atomic mass is 32.2. The Labute approximate surface area is 118 Å². The van der Waals surface area contributed by atoms with Crippen molar-refractivity contribution in [3.8, 4) is 5.75 Å². The largest absolute Gasteiger partial charge is 0.494 e. The van der Waals surface area contributed by atoms with Gasteiger partial charge in [0.25, 0.3) is 0 Å². The van der Waals surface area contributed by atoms with Gasteiger partial charge in [0.05, 0.1) is 13.7 Å². The van der Waals surface area contributed by atoms with Gasteiger partial charge in [0.2, 0.25) is 0 Å². The van der Waals surface area contributed by atoms with E-state index in [9.17, 15) is 4.79 Å². The van der Waals surface area contributed by atoms with Crippen LogP contribution in [0.2, 0.25) is 0 Å². The van der Waals surface area contributed by atoms with Crippen molar-refractivity contribution in [3.63, 3.8) is 0 Å². The van der Waals surface area contributed by atoms with Crippen LogP contribution in [0, 0.1) is 0 Å². The topological polar surface area (TPSA) is 61.5 Å². The Morgan fingerprint density at radius 2 is 2.16 bits per heavy atom. The van der Waals surface area contributed by atoms with Crippen LogP contribution >= 0.6 is 11.8 Å². The maximum absolute atomic E-state index is 11.1. The molecule has 106 valence electrons. The molecular weight excluding hydrogens is 262 g/mol. The minimum absolute atomic E-state index is 0.352. The number of para-hydroxylation sites is 1. The summed E-state index contributed by atoms with van der Waals surface area (Å²) in [5, 5.41) is 0. The van der Waals surface area contributed by atoms with E-state index in [-0.39, 0.29) is 5.97 Å². The quantitative estimate of drug-likeness (QED) is 0.585. The Kier molecular flexibility index (Phi) is 7.36. The van der Waals surface area contributed by atoms with Crippen LogP contribution in [0.5, 0.6) is 5.75 Å². The Hall–Kier alpha value is -1.20. The lowest BCUT2D eigenvalue weighted by molar-refractivity contribution is -0.142. The minimum Gasteiger partial charge on any atom is -0.494 e. The minimum atomic E-state index is -0.528. The number of methoxy groups -OCH3 is 1. The fraction of sp³-hybridized carbons (Fsp3) is 0.500. The Morgan fingerprint density at radius 1 is 1.42 bits per heavy atom. The van der Waals surface area contributed by atoms with Gasteiger partial charge in [-0.05, 0) is 25.2 Å². The molecule has 0 amide bonds. The van der Waals surface area contributed by atoms with E-state index in [1.165, 1.54) is 12.7 Å². The van der Waals surface area contributed by atoms with Gasteiger partial charge in [0.1, 0.15) is 11.8 Å². The van der Waals surface area contributed by atoms with E-state index < -0.39 is 6.04 Å². The van der Waals surface area contributed by atoms with E-state index in [0.29, 0.717) is 13.0 Å². The molecule has 0 saturated heterocycles. The number of benzene rings is 1. The summed E-state index contributed by atoms with van der Waals surface area (Å²) in [5.74, 6) is 2.24. The molecule has 1 aromatic carbocycles. The van der Waals surface area contributed by atoms with Gasteiger partial charge in [-0.15, -0.1) is 0 Å². The molecule has 0 aliphatic carbocycles. The van der Waals surface area contributed by atoms with Crippen molar-refractivity contribution in [1.29, 1.82) is 0 Å². The Morgan fingerprint density at radius 3 is 2.84 bits per heavy atom. The van der Waals surface area contributed by atoms with Crippen molar-refractivity contribution in [2.45, 2.75) is 25.1 Å². The molecule has 1 atom stereocenters. The van der Waals surface area contributed by atoms with E-state index >= 15 is 0 Å². The summed E-state index contributed by atoms with van der Waals surface area (Å²) in [5.41, 5.74) is 6.84. The molecule has 19 heavy (non-hydrogen) atoms. The molecule has 0 aromatic heterocycles. The fourth-order valence-electron chi connectivity index (χ4n) is 1.58. The summed E-state index contributed by atoms with van der Waals surface area (Å²) in [6.07, 6.45) is 0.619. The number of esters is 1. The van der Waals surface area contributed by atoms with Gasteiger partial charge in [-0.3, -0.25) is 4.79 Å². The van der Waals surface area contributed by atoms with E-state index in [0.717, 1.165) is 17.3 Å². The van der Waals surface area contributed by atoms with Crippen LogP contribution in [0.25, 0.3) is 0 Å². The van der Waals surface area contributed by atoms with Crippen LogP contribution in [0.15, 0.2) is 24.3 Å². The zero-order valence-electron chi connectivity index (χ0n) is 11.4. The third-order valence-corrected chi connectivity index (χ3v) is 3.65. The summed E-state index contributed by atoms with van der Waals surface area (Å²) < 4.78 is 10.1. The second kappa shape index (κ2) is 8.82. The molecule has 0 bridgehead atoms. The standard InChI is InChI=1S/C14H21NO3S/c1-3-18-13-7-5-4-6-11(13)10-19-9-8-12(15)14(16)17-2/h4-7,12H,3,8-10,15H2,1-2H3. The first-order valence-corrected chi connectivity index (χ1v) is 7.46. The summed E-state index contributed by atoms with van der Waals surface area (Å²) in [4.78, 5) is 11.1. The smallest absolute Gasteiger partial charge is 0.322 e. The monoisotopic (exact) mass is 283 g/mol. The highest BCUT2D eigenvalue weighted by Crippen LogP contribution is 2.23. The van der Waals surface area contributed by atoms with Gasteiger partial charge in [-0.2, -0.15) is 11.8 Å². The summed E-state index contributed by atoms with van der Waals surface area (Å²) in [7, 11) is 1.35. The Bertz CT molecular complexity index is 398. The first-order chi connectivity index (χ1) is 9.19. The molecule has 0 aliphatic heterocycles. The second-order valence-electron chi connectivity index (χ2n) is 4.01. The molecule has 1 rings (SSSR count). The first-order valence-electron chi connectivity index (χ1n) is 6.30. The molecule has 0 fully saturated rings. The van der Waals surface area contributed by atoms with E-state index in [1.54, 1.807) is 11.8 Å². The third kappa shape index (κ3) is 5.53. The maximum atomic E-state index is 11.1. The number of carbonyl (C=O) groups is 1. The van der Waals surface area contributed by atoms with E-state index in [2.05, 4.69) is 10.8 Å². The lowest BCUT2D eigenvalue weighted by Crippen LogP contribution is -2.31. The molecule has 1 unspecified atom stereocenters. The van der Waals surface area contributed by atoms with Gasteiger partial charge in [0, 0.05) is 11.3 Å². The van der Waals surface area contributed by atoms with Crippen LogP contribution in [0.4, 0.5) is 0 Å². The molecule has 0 saturated carbocycles. The third-order valence-electron chi connectivity index (χ3n) is 2.61. The van der Waals surface area contributed by atoms with Crippen molar-refractivity contribution in [2.75, 3.05) is 19.5 Å². The van der Waals surface area contributed by atoms with Gasteiger partial charge in [-0.1, -0.05) is 18.2 Å². The summed E-state index contributed by atoms with van der Waals surface area (Å²) in [6.45, 7) is 2.63. The lowest BCUT2D eigenvalue weighted by atomic mass is 10.2. The molecule has 5 heteroatoms. The van der Waals surface area contributed by atoms with Crippen LogP contribution in [-0.2, 0) is 15.3 Å². The first kappa shape index (κ1) is 15.9. The SMILES string of the molecule is CCOc1ccccc1CSCCC(N)C(=O)OC. The van der Waals surface area contributed by atoms with Crippen LogP contribution < -0.4 is 10.5 Å². The maximum Gasteiger partial charge on any atom is 0.322 e. The van der Waals surface area contributed by atoms with E-state index in [4.69, 9.17) is 10.5 Å². The molecule has 4 nitrogen and oxygen atoms in total. The number of carbonyl (C=O) groups excluding carboxylic acids is 1. The second-order valence-corrected chi connectivity index (χ2v) is 5.12. The molecule has 0 aliphatic rings. The zero-order chi connectivity index (χ0) is 14.1. The number of nitrogens with two attached hydrogens (primary N) is 1. The predicted molar refractivity (Wildman–Crippen MR) is 78.4 cm³/mol. The van der Waals surface area contributed by atoms with Gasteiger partial charge < -0.3 is 15.2 Å². The van der Waals surface area contributed by atoms with Crippen LogP contribution in [0.1, 0.15) is 18.9 Å². The molecule has 1 aromatic rings. The zero-order valence-corrected chi connectivity index (χ0v) is 12.2. The number of hydrogen-bond acceptors (Lipinski definition) is 5. The summed E-state index contributed by atoms with van der Waals surface area (Å²) in [6, 6.07) is 7.46. The summed E-state index contributed by atoms with van der Waals surface area (Å²) >= 11 is 1.73. The molecule has 0 radical (unpaired) electrons. The van der Waals surface area contributed by atoms with Crippen molar-refractivity contribution in [3.05, 3.63) is 29.8 Å². The normalized spacial score (nSPS) is 11.9. The van der Waals surface area contributed by atoms with Crippen LogP contribution in [0.3, 0.4) is 0 Å². The van der Waals surface area contributed by atoms with Crippen molar-refractivity contribution >= 4 is 17.7 Å². The fourth-order valence-corrected chi connectivity index (χ4v) is 2.60. The molecule has 0 spiro atoms. The number of thioether (sulfide) groups is 1. The van der Waals surface area contributed by atoms with Gasteiger partial charge in [-0.25, -0.2) is 0 Å². The number of hydrogen-bond donors (Lipinski definition) is 1. The Balaban J connectivity index is 2.35. The van der Waals surface area contributed by atoms with Crippen molar-refractivity contribution in [2.24, 2.45) is 5.73 Å². The molecular formula is C14H21NO3S. The molecule has 0 heterocycles. The average molecular weight is 283 g/mol. The number of rotatable bonds is 8. The highest BCUT2D eigenvalue weighted by molar-refractivity contribution is 7.98. The predicted octanol–water partition coefficient (Wildman–Crippen LogP) is 2.21. The molecule has 2 N–H and O–H groups in total. The van der Waals surface area contributed by atoms with E-state index in [1.807, 2.05) is 25.1 Å². The van der Waals surface area contributed by atoms with Crippen molar-refractivity contribution in [1.82, 2.24) is 0 Å². The van der Waals surface area contributed by atoms with Crippen LogP contribution in [-0.4, -0.2) is 31.5 Å².